The minimum Gasteiger partial charge on any atom is -0.336 e. The molecule has 0 aliphatic carbocycles. The topological polar surface area (TPSA) is 50.2 Å². The molecule has 0 saturated carbocycles. The lowest BCUT2D eigenvalue weighted by molar-refractivity contribution is 0.0709. The molecule has 2 aromatic rings. The molecule has 1 atom stereocenters. The first-order chi connectivity index (χ1) is 10.7. The first-order valence-corrected chi connectivity index (χ1v) is 8.62. The second-order valence-corrected chi connectivity index (χ2v) is 6.21. The Hall–Kier alpha value is -1.50. The van der Waals surface area contributed by atoms with Crippen molar-refractivity contribution in [3.05, 3.63) is 42.2 Å². The number of carbonyl (C=O) groups is 1. The zero-order valence-electron chi connectivity index (χ0n) is 13.2. The predicted molar refractivity (Wildman–Crippen MR) is 96.0 cm³/mol. The van der Waals surface area contributed by atoms with Gasteiger partial charge in [-0.1, -0.05) is 11.8 Å². The number of rotatable bonds is 3. The van der Waals surface area contributed by atoms with Crippen molar-refractivity contribution in [2.75, 3.05) is 25.9 Å². The van der Waals surface area contributed by atoms with Crippen LogP contribution in [0.1, 0.15) is 17.3 Å². The number of halogens is 1. The summed E-state index contributed by atoms with van der Waals surface area (Å²) < 4.78 is 2.02. The maximum atomic E-state index is 12.5. The van der Waals surface area contributed by atoms with Gasteiger partial charge >= 0.3 is 0 Å². The molecular formula is C16H21ClN4OS. The Morgan fingerprint density at radius 2 is 2.09 bits per heavy atom. The SMILES string of the molecule is CSc1nccn1-c1ccc(C(=O)N2CCN[C@H](C)C2)cc1.Cl. The third-order valence-corrected chi connectivity index (χ3v) is 4.51. The lowest BCUT2D eigenvalue weighted by Crippen LogP contribution is -2.51. The summed E-state index contributed by atoms with van der Waals surface area (Å²) in [5, 5.41) is 4.29. The van der Waals surface area contributed by atoms with E-state index < -0.39 is 0 Å². The predicted octanol–water partition coefficient (Wildman–Crippen LogP) is 2.45. The van der Waals surface area contributed by atoms with Gasteiger partial charge < -0.3 is 10.2 Å². The van der Waals surface area contributed by atoms with Gasteiger partial charge in [0.15, 0.2) is 5.16 Å². The minimum absolute atomic E-state index is 0. The highest BCUT2D eigenvalue weighted by Crippen LogP contribution is 2.19. The summed E-state index contributed by atoms with van der Waals surface area (Å²) in [7, 11) is 0. The monoisotopic (exact) mass is 352 g/mol. The number of nitrogens with one attached hydrogen (secondary N) is 1. The fourth-order valence-corrected chi connectivity index (χ4v) is 3.23. The van der Waals surface area contributed by atoms with Crippen LogP contribution in [0.5, 0.6) is 0 Å². The molecule has 0 bridgehead atoms. The quantitative estimate of drug-likeness (QED) is 0.862. The molecule has 23 heavy (non-hydrogen) atoms. The second kappa shape index (κ2) is 7.86. The molecule has 5 nitrogen and oxygen atoms in total. The van der Waals surface area contributed by atoms with Gasteiger partial charge in [-0.2, -0.15) is 0 Å². The molecule has 1 aromatic heterocycles. The number of amides is 1. The maximum absolute atomic E-state index is 12.5. The Bertz CT molecular complexity index is 658. The number of thioether (sulfide) groups is 1. The van der Waals surface area contributed by atoms with E-state index in [9.17, 15) is 4.79 Å². The lowest BCUT2D eigenvalue weighted by Gasteiger charge is -2.32. The van der Waals surface area contributed by atoms with Crippen molar-refractivity contribution >= 4 is 30.1 Å². The van der Waals surface area contributed by atoms with E-state index in [0.717, 1.165) is 36.0 Å². The van der Waals surface area contributed by atoms with Gasteiger partial charge in [0.05, 0.1) is 0 Å². The maximum Gasteiger partial charge on any atom is 0.253 e. The molecular weight excluding hydrogens is 332 g/mol. The summed E-state index contributed by atoms with van der Waals surface area (Å²) >= 11 is 1.60. The van der Waals surface area contributed by atoms with Crippen molar-refractivity contribution in [2.24, 2.45) is 0 Å². The molecule has 1 N–H and O–H groups in total. The normalized spacial score (nSPS) is 17.7. The third-order valence-electron chi connectivity index (χ3n) is 3.84. The fourth-order valence-electron chi connectivity index (χ4n) is 2.70. The summed E-state index contributed by atoms with van der Waals surface area (Å²) in [5.74, 6) is 0.107. The van der Waals surface area contributed by atoms with Crippen molar-refractivity contribution in [2.45, 2.75) is 18.1 Å². The molecule has 1 amide bonds. The molecule has 2 heterocycles. The van der Waals surface area contributed by atoms with Gasteiger partial charge in [-0.15, -0.1) is 12.4 Å². The number of benzene rings is 1. The lowest BCUT2D eigenvalue weighted by atomic mass is 10.1. The van der Waals surface area contributed by atoms with Gasteiger partial charge in [0.2, 0.25) is 0 Å². The van der Waals surface area contributed by atoms with Crippen LogP contribution in [0.15, 0.2) is 41.8 Å². The Kier molecular flexibility index (Phi) is 6.10. The van der Waals surface area contributed by atoms with E-state index in [2.05, 4.69) is 17.2 Å². The number of aromatic nitrogens is 2. The van der Waals surface area contributed by atoms with E-state index in [1.54, 1.807) is 18.0 Å². The van der Waals surface area contributed by atoms with Gasteiger partial charge in [0.1, 0.15) is 0 Å². The minimum atomic E-state index is 0. The third kappa shape index (κ3) is 3.88. The molecule has 0 unspecified atom stereocenters. The van der Waals surface area contributed by atoms with Crippen LogP contribution < -0.4 is 5.32 Å². The molecule has 1 aliphatic rings. The molecule has 1 saturated heterocycles. The molecule has 1 aromatic carbocycles. The summed E-state index contributed by atoms with van der Waals surface area (Å²) in [5.41, 5.74) is 1.76. The molecule has 1 aliphatic heterocycles. The molecule has 3 rings (SSSR count). The Morgan fingerprint density at radius 3 is 2.74 bits per heavy atom. The highest BCUT2D eigenvalue weighted by atomic mass is 35.5. The number of hydrogen-bond donors (Lipinski definition) is 1. The number of carbonyl (C=O) groups excluding carboxylic acids is 1. The van der Waals surface area contributed by atoms with Crippen LogP contribution in [-0.4, -0.2) is 52.3 Å². The van der Waals surface area contributed by atoms with Crippen LogP contribution in [0.4, 0.5) is 0 Å². The van der Waals surface area contributed by atoms with Crippen molar-refractivity contribution in [1.29, 1.82) is 0 Å². The van der Waals surface area contributed by atoms with Gasteiger partial charge in [0.25, 0.3) is 5.91 Å². The van der Waals surface area contributed by atoms with Gasteiger partial charge in [-0.3, -0.25) is 9.36 Å². The van der Waals surface area contributed by atoms with E-state index in [1.807, 2.05) is 46.2 Å². The Labute approximate surface area is 146 Å². The van der Waals surface area contributed by atoms with Gasteiger partial charge in [-0.05, 0) is 37.4 Å². The van der Waals surface area contributed by atoms with Crippen LogP contribution in [-0.2, 0) is 0 Å². The van der Waals surface area contributed by atoms with Crippen molar-refractivity contribution < 1.29 is 4.79 Å². The second-order valence-electron chi connectivity index (χ2n) is 5.44. The molecule has 1 fully saturated rings. The van der Waals surface area contributed by atoms with E-state index in [1.165, 1.54) is 0 Å². The Balaban J connectivity index is 0.00000192. The largest absolute Gasteiger partial charge is 0.336 e. The zero-order valence-corrected chi connectivity index (χ0v) is 14.9. The Morgan fingerprint density at radius 1 is 1.35 bits per heavy atom. The zero-order chi connectivity index (χ0) is 15.5. The highest BCUT2D eigenvalue weighted by Gasteiger charge is 2.21. The summed E-state index contributed by atoms with van der Waals surface area (Å²) in [6, 6.07) is 8.09. The average Bonchev–Trinajstić information content (AvgIpc) is 3.03. The van der Waals surface area contributed by atoms with E-state index >= 15 is 0 Å². The van der Waals surface area contributed by atoms with Crippen LogP contribution >= 0.6 is 24.2 Å². The summed E-state index contributed by atoms with van der Waals surface area (Å²) in [4.78, 5) is 18.8. The van der Waals surface area contributed by atoms with Gasteiger partial charge in [0, 0.05) is 49.3 Å². The van der Waals surface area contributed by atoms with Crippen molar-refractivity contribution in [3.8, 4) is 5.69 Å². The molecule has 0 spiro atoms. The summed E-state index contributed by atoms with van der Waals surface area (Å²) in [6.07, 6.45) is 5.72. The van der Waals surface area contributed by atoms with E-state index in [0.29, 0.717) is 6.04 Å². The highest BCUT2D eigenvalue weighted by molar-refractivity contribution is 7.98. The smallest absolute Gasteiger partial charge is 0.253 e. The fraction of sp³-hybridized carbons (Fsp3) is 0.375. The van der Waals surface area contributed by atoms with Crippen LogP contribution in [0.3, 0.4) is 0 Å². The number of imidazole rings is 1. The number of piperazine rings is 1. The van der Waals surface area contributed by atoms with Crippen LogP contribution in [0.25, 0.3) is 5.69 Å². The first kappa shape index (κ1) is 17.8. The van der Waals surface area contributed by atoms with Crippen molar-refractivity contribution in [3.63, 3.8) is 0 Å². The number of nitrogens with zero attached hydrogens (tertiary/aromatic N) is 3. The van der Waals surface area contributed by atoms with E-state index in [4.69, 9.17) is 0 Å². The average molecular weight is 353 g/mol. The molecule has 7 heteroatoms. The number of hydrogen-bond acceptors (Lipinski definition) is 4. The van der Waals surface area contributed by atoms with Crippen LogP contribution in [0, 0.1) is 0 Å². The van der Waals surface area contributed by atoms with Crippen LogP contribution in [0.2, 0.25) is 0 Å². The summed E-state index contributed by atoms with van der Waals surface area (Å²) in [6.45, 7) is 4.49. The first-order valence-electron chi connectivity index (χ1n) is 7.39. The van der Waals surface area contributed by atoms with E-state index in [-0.39, 0.29) is 18.3 Å². The van der Waals surface area contributed by atoms with Crippen molar-refractivity contribution in [1.82, 2.24) is 19.8 Å². The standard InChI is InChI=1S/C16H20N4OS.ClH/c1-12-11-19(9-7-17-12)15(21)13-3-5-14(6-4-13)20-10-8-18-16(20)22-2;/h3-6,8,10,12,17H,7,9,11H2,1-2H3;1H/t12-;/m1./s1. The van der Waals surface area contributed by atoms with Gasteiger partial charge in [-0.25, -0.2) is 4.98 Å². The molecule has 0 radical (unpaired) electrons. The molecule has 124 valence electrons.